The monoisotopic (exact) mass is 699 g/mol. The Morgan fingerprint density at radius 2 is 1.29 bits per heavy atom. The van der Waals surface area contributed by atoms with E-state index in [9.17, 15) is 33.9 Å². The molecule has 1 aliphatic rings. The molecule has 6 amide bonds. The standard InChI is InChI=1S/C37H45N7O7/c38-27(19-25-14-16-26(45)17-15-25)34(48)41-28-13-7-8-18-40-32(46)22-29(33(39)47)42-36(50)30(20-23-9-3-1-4-10-23)44-37(51)31(43-35(28)49)21-24-11-5-2-6-12-24/h1-6,9-12,14-17,27-31,45H,7-8,13,18-22,38H2,(H2,39,47)(H,40,46)(H,41,48)(H,42,50)(H,43,49)(H,44,51)/t27-,28?,29?,30-,31?/m0/s1. The summed E-state index contributed by atoms with van der Waals surface area (Å²) in [6.45, 7) is 0.189. The van der Waals surface area contributed by atoms with E-state index in [4.69, 9.17) is 11.5 Å². The molecule has 5 atom stereocenters. The van der Waals surface area contributed by atoms with Crippen LogP contribution >= 0.6 is 0 Å². The predicted molar refractivity (Wildman–Crippen MR) is 188 cm³/mol. The molecule has 1 aliphatic heterocycles. The van der Waals surface area contributed by atoms with E-state index < -0.39 is 72.1 Å². The van der Waals surface area contributed by atoms with Crippen LogP contribution in [-0.2, 0) is 48.0 Å². The zero-order valence-corrected chi connectivity index (χ0v) is 28.2. The van der Waals surface area contributed by atoms with Gasteiger partial charge in [0.1, 0.15) is 29.9 Å². The number of phenols is 1. The second-order valence-corrected chi connectivity index (χ2v) is 12.6. The van der Waals surface area contributed by atoms with Gasteiger partial charge in [0.15, 0.2) is 0 Å². The molecule has 0 radical (unpaired) electrons. The van der Waals surface area contributed by atoms with Crippen LogP contribution in [0.2, 0.25) is 0 Å². The zero-order valence-electron chi connectivity index (χ0n) is 28.2. The van der Waals surface area contributed by atoms with Crippen molar-refractivity contribution in [2.24, 2.45) is 11.5 Å². The van der Waals surface area contributed by atoms with Crippen LogP contribution in [0.3, 0.4) is 0 Å². The third-order valence-corrected chi connectivity index (χ3v) is 8.48. The molecule has 1 heterocycles. The van der Waals surface area contributed by atoms with E-state index in [2.05, 4.69) is 26.6 Å². The average molecular weight is 700 g/mol. The molecule has 1 saturated heterocycles. The lowest BCUT2D eigenvalue weighted by molar-refractivity contribution is -0.135. The Kier molecular flexibility index (Phi) is 14.1. The van der Waals surface area contributed by atoms with Crippen molar-refractivity contribution in [3.8, 4) is 5.75 Å². The largest absolute Gasteiger partial charge is 0.508 e. The van der Waals surface area contributed by atoms with E-state index in [0.29, 0.717) is 24.0 Å². The number of aromatic hydroxyl groups is 1. The number of rotatable bonds is 9. The van der Waals surface area contributed by atoms with Crippen LogP contribution in [-0.4, -0.2) is 77.3 Å². The van der Waals surface area contributed by atoms with E-state index in [-0.39, 0.29) is 38.0 Å². The molecule has 270 valence electrons. The maximum absolute atomic E-state index is 14.0. The zero-order chi connectivity index (χ0) is 36.8. The van der Waals surface area contributed by atoms with Crippen molar-refractivity contribution < 1.29 is 33.9 Å². The van der Waals surface area contributed by atoms with Gasteiger partial charge in [-0.05, 0) is 54.5 Å². The van der Waals surface area contributed by atoms with E-state index in [0.717, 1.165) is 5.56 Å². The molecule has 0 bridgehead atoms. The summed E-state index contributed by atoms with van der Waals surface area (Å²) in [5.74, 6) is -4.04. The number of carbonyl (C=O) groups excluding carboxylic acids is 6. The second-order valence-electron chi connectivity index (χ2n) is 12.6. The normalized spacial score (nSPS) is 21.5. The number of hydrogen-bond acceptors (Lipinski definition) is 8. The SMILES string of the molecule is NC(=O)C1CC(=O)NCCCCC(NC(=O)[C@@H](N)Cc2ccc(O)cc2)C(=O)NC(Cc2ccccc2)C(=O)N[C@@H](Cc2ccccc2)C(=O)N1. The molecule has 0 aliphatic carbocycles. The highest BCUT2D eigenvalue weighted by Gasteiger charge is 2.32. The molecular formula is C37H45N7O7. The van der Waals surface area contributed by atoms with E-state index >= 15 is 0 Å². The molecule has 0 spiro atoms. The molecule has 3 unspecified atom stereocenters. The lowest BCUT2D eigenvalue weighted by atomic mass is 10.0. The maximum Gasteiger partial charge on any atom is 0.243 e. The first-order valence-electron chi connectivity index (χ1n) is 16.9. The highest BCUT2D eigenvalue weighted by molar-refractivity contribution is 5.97. The number of hydrogen-bond donors (Lipinski definition) is 8. The van der Waals surface area contributed by atoms with Crippen molar-refractivity contribution in [2.75, 3.05) is 6.54 Å². The fourth-order valence-electron chi connectivity index (χ4n) is 5.64. The van der Waals surface area contributed by atoms with Crippen molar-refractivity contribution in [1.29, 1.82) is 0 Å². The topological polar surface area (TPSA) is 235 Å². The summed E-state index contributed by atoms with van der Waals surface area (Å²) in [5.41, 5.74) is 13.9. The maximum atomic E-state index is 14.0. The summed E-state index contributed by atoms with van der Waals surface area (Å²) < 4.78 is 0. The third kappa shape index (κ3) is 12.3. The summed E-state index contributed by atoms with van der Waals surface area (Å²) in [6, 6.07) is 18.2. The molecule has 3 aromatic rings. The number of phenolic OH excluding ortho intramolecular Hbond substituents is 1. The van der Waals surface area contributed by atoms with Gasteiger partial charge in [-0.25, -0.2) is 0 Å². The molecule has 14 heteroatoms. The highest BCUT2D eigenvalue weighted by Crippen LogP contribution is 2.13. The van der Waals surface area contributed by atoms with Crippen LogP contribution < -0.4 is 38.1 Å². The molecule has 0 aromatic heterocycles. The van der Waals surface area contributed by atoms with Gasteiger partial charge in [-0.2, -0.15) is 0 Å². The Balaban J connectivity index is 1.62. The molecule has 3 aromatic carbocycles. The summed E-state index contributed by atoms with van der Waals surface area (Å²) in [5, 5.41) is 23.0. The molecule has 1 fully saturated rings. The van der Waals surface area contributed by atoms with Crippen LogP contribution in [0.5, 0.6) is 5.75 Å². The third-order valence-electron chi connectivity index (χ3n) is 8.48. The Morgan fingerprint density at radius 3 is 1.86 bits per heavy atom. The van der Waals surface area contributed by atoms with Crippen molar-refractivity contribution in [3.63, 3.8) is 0 Å². The first kappa shape index (κ1) is 38.0. The van der Waals surface area contributed by atoms with E-state index in [1.54, 1.807) is 66.7 Å². The Hall–Kier alpha value is -5.76. The summed E-state index contributed by atoms with van der Waals surface area (Å²) >= 11 is 0. The van der Waals surface area contributed by atoms with Crippen LogP contribution in [0.1, 0.15) is 42.4 Å². The van der Waals surface area contributed by atoms with Gasteiger partial charge in [0.25, 0.3) is 0 Å². The first-order chi connectivity index (χ1) is 24.5. The van der Waals surface area contributed by atoms with Gasteiger partial charge in [0.2, 0.25) is 35.4 Å². The minimum atomic E-state index is -1.34. The molecule has 4 rings (SSSR count). The van der Waals surface area contributed by atoms with Gasteiger partial charge in [0.05, 0.1) is 12.5 Å². The summed E-state index contributed by atoms with van der Waals surface area (Å²) in [4.78, 5) is 79.8. The van der Waals surface area contributed by atoms with Crippen molar-refractivity contribution in [3.05, 3.63) is 102 Å². The summed E-state index contributed by atoms with van der Waals surface area (Å²) in [6.07, 6.45) is 0.757. The van der Waals surface area contributed by atoms with Crippen LogP contribution in [0, 0.1) is 0 Å². The van der Waals surface area contributed by atoms with E-state index in [1.165, 1.54) is 12.1 Å². The van der Waals surface area contributed by atoms with Gasteiger partial charge >= 0.3 is 0 Å². The van der Waals surface area contributed by atoms with Crippen molar-refractivity contribution in [2.45, 2.75) is 75.2 Å². The van der Waals surface area contributed by atoms with Gasteiger partial charge in [-0.3, -0.25) is 28.8 Å². The lowest BCUT2D eigenvalue weighted by Crippen LogP contribution is -2.59. The van der Waals surface area contributed by atoms with Crippen molar-refractivity contribution in [1.82, 2.24) is 26.6 Å². The Labute approximate surface area is 296 Å². The van der Waals surface area contributed by atoms with Gasteiger partial charge in [-0.15, -0.1) is 0 Å². The first-order valence-corrected chi connectivity index (χ1v) is 16.9. The van der Waals surface area contributed by atoms with Gasteiger partial charge in [-0.1, -0.05) is 72.8 Å². The quantitative estimate of drug-likeness (QED) is 0.149. The number of primary amides is 1. The van der Waals surface area contributed by atoms with Crippen LogP contribution in [0.15, 0.2) is 84.9 Å². The van der Waals surface area contributed by atoms with Crippen LogP contribution in [0.4, 0.5) is 0 Å². The predicted octanol–water partition coefficient (Wildman–Crippen LogP) is -0.138. The number of carbonyl (C=O) groups is 6. The number of benzene rings is 3. The molecule has 0 saturated carbocycles. The molecule has 51 heavy (non-hydrogen) atoms. The average Bonchev–Trinajstić information content (AvgIpc) is 3.11. The minimum absolute atomic E-state index is 0.0275. The molecule has 10 N–H and O–H groups in total. The van der Waals surface area contributed by atoms with Gasteiger partial charge < -0.3 is 43.2 Å². The van der Waals surface area contributed by atoms with Gasteiger partial charge in [0, 0.05) is 19.4 Å². The Morgan fingerprint density at radius 1 is 0.745 bits per heavy atom. The Bertz CT molecular complexity index is 1650. The van der Waals surface area contributed by atoms with Crippen molar-refractivity contribution >= 4 is 35.4 Å². The fourth-order valence-corrected chi connectivity index (χ4v) is 5.64. The lowest BCUT2D eigenvalue weighted by Gasteiger charge is -2.26. The number of amides is 6. The second kappa shape index (κ2) is 18.9. The summed E-state index contributed by atoms with van der Waals surface area (Å²) in [7, 11) is 0. The molecule has 14 nitrogen and oxygen atoms in total. The molecular weight excluding hydrogens is 654 g/mol. The number of nitrogens with two attached hydrogens (primary N) is 2. The fraction of sp³-hybridized carbons (Fsp3) is 0.351. The number of nitrogens with one attached hydrogen (secondary N) is 5. The highest BCUT2D eigenvalue weighted by atomic mass is 16.3. The smallest absolute Gasteiger partial charge is 0.243 e. The minimum Gasteiger partial charge on any atom is -0.508 e. The van der Waals surface area contributed by atoms with E-state index in [1.807, 2.05) is 6.07 Å². The van der Waals surface area contributed by atoms with Crippen LogP contribution in [0.25, 0.3) is 0 Å².